The summed E-state index contributed by atoms with van der Waals surface area (Å²) in [6.45, 7) is 0. The van der Waals surface area contributed by atoms with Gasteiger partial charge in [-0.2, -0.15) is 0 Å². The molecule has 5 heteroatoms. The topological polar surface area (TPSA) is 65.0 Å². The predicted molar refractivity (Wildman–Crippen MR) is 53.1 cm³/mol. The number of carboxylic acids is 1. The van der Waals surface area contributed by atoms with Gasteiger partial charge >= 0.3 is 5.97 Å². The second-order valence-electron chi connectivity index (χ2n) is 2.41. The molecule has 0 unspecified atom stereocenters. The normalized spacial score (nSPS) is 20.9. The standard InChI is InChI=1S/C10H12O5/c1-13-7-4-6(10(11)12)5-8(14-2)9(7)15-3/h4-5H,1-3H3,(H,11,12)/i1D3,2D3,3D3. The van der Waals surface area contributed by atoms with Crippen LogP contribution in [0, 0.1) is 0 Å². The molecule has 5 nitrogen and oxygen atoms in total. The van der Waals surface area contributed by atoms with Gasteiger partial charge in [-0.1, -0.05) is 0 Å². The molecule has 1 N–H and O–H groups in total. The summed E-state index contributed by atoms with van der Waals surface area (Å²) in [5.41, 5.74) is -0.591. The Morgan fingerprint density at radius 3 is 2.13 bits per heavy atom. The smallest absolute Gasteiger partial charge is 0.335 e. The van der Waals surface area contributed by atoms with Gasteiger partial charge in [0.05, 0.1) is 39.0 Å². The fourth-order valence-corrected chi connectivity index (χ4v) is 0.952. The van der Waals surface area contributed by atoms with Crippen molar-refractivity contribution in [3.05, 3.63) is 17.7 Å². The number of hydrogen-bond donors (Lipinski definition) is 1. The number of hydrogen-bond acceptors (Lipinski definition) is 4. The lowest BCUT2D eigenvalue weighted by atomic mass is 10.2. The summed E-state index contributed by atoms with van der Waals surface area (Å²) in [6, 6.07) is 1.37. The third kappa shape index (κ3) is 2.12. The number of aromatic carboxylic acids is 1. The van der Waals surface area contributed by atoms with Crippen molar-refractivity contribution < 1.29 is 36.4 Å². The van der Waals surface area contributed by atoms with Crippen LogP contribution >= 0.6 is 0 Å². The van der Waals surface area contributed by atoms with Crippen molar-refractivity contribution in [3.63, 3.8) is 0 Å². The first kappa shape index (κ1) is 3.92. The van der Waals surface area contributed by atoms with Gasteiger partial charge in [-0.15, -0.1) is 0 Å². The molecule has 0 spiro atoms. The average molecular weight is 221 g/mol. The van der Waals surface area contributed by atoms with E-state index in [4.69, 9.17) is 17.4 Å². The molecule has 0 amide bonds. The lowest BCUT2D eigenvalue weighted by molar-refractivity contribution is 0.0696. The van der Waals surface area contributed by atoms with Crippen molar-refractivity contribution in [3.8, 4) is 17.2 Å². The second-order valence-corrected chi connectivity index (χ2v) is 2.41. The maximum Gasteiger partial charge on any atom is 0.335 e. The zero-order valence-electron chi connectivity index (χ0n) is 16.2. The molecule has 15 heavy (non-hydrogen) atoms. The van der Waals surface area contributed by atoms with Crippen LogP contribution in [0.5, 0.6) is 17.2 Å². The molecule has 0 aliphatic heterocycles. The summed E-state index contributed by atoms with van der Waals surface area (Å²) >= 11 is 0. The Kier molecular flexibility index (Phi) is 1.19. The SMILES string of the molecule is [2H]C([2H])([2H])Oc1cc(C(=O)O)cc(OC([2H])([2H])[2H])c1OC([2H])([2H])[2H]. The number of ether oxygens (including phenoxy) is 3. The zero-order valence-corrected chi connectivity index (χ0v) is 7.23. The largest absolute Gasteiger partial charge is 0.493 e. The molecule has 0 aliphatic carbocycles. The van der Waals surface area contributed by atoms with Crippen molar-refractivity contribution in [1.29, 1.82) is 0 Å². The molecular formula is C10H12O5. The molecule has 0 radical (unpaired) electrons. The van der Waals surface area contributed by atoms with Crippen molar-refractivity contribution in [1.82, 2.24) is 0 Å². The second kappa shape index (κ2) is 4.54. The van der Waals surface area contributed by atoms with E-state index in [2.05, 4.69) is 14.2 Å². The minimum Gasteiger partial charge on any atom is -0.493 e. The molecule has 1 aromatic carbocycles. The van der Waals surface area contributed by atoms with E-state index in [9.17, 15) is 4.79 Å². The molecule has 1 aromatic rings. The highest BCUT2D eigenvalue weighted by atomic mass is 16.5. The highest BCUT2D eigenvalue weighted by Gasteiger charge is 2.15. The van der Waals surface area contributed by atoms with Gasteiger partial charge in [-0.3, -0.25) is 0 Å². The van der Waals surface area contributed by atoms with Crippen LogP contribution < -0.4 is 14.2 Å². The highest BCUT2D eigenvalue weighted by Crippen LogP contribution is 2.38. The highest BCUT2D eigenvalue weighted by molar-refractivity contribution is 5.89. The van der Waals surface area contributed by atoms with E-state index >= 15 is 0 Å². The molecule has 0 bridgehead atoms. The fourth-order valence-electron chi connectivity index (χ4n) is 0.952. The van der Waals surface area contributed by atoms with Crippen molar-refractivity contribution in [2.75, 3.05) is 21.1 Å². The summed E-state index contributed by atoms with van der Waals surface area (Å²) in [6.07, 6.45) is 0. The quantitative estimate of drug-likeness (QED) is 0.832. The zero-order chi connectivity index (χ0) is 18.9. The van der Waals surface area contributed by atoms with E-state index in [0.717, 1.165) is 0 Å². The van der Waals surface area contributed by atoms with Gasteiger partial charge in [-0.25, -0.2) is 4.79 Å². The van der Waals surface area contributed by atoms with Crippen LogP contribution in [-0.2, 0) is 0 Å². The third-order valence-corrected chi connectivity index (χ3v) is 1.59. The van der Waals surface area contributed by atoms with E-state index < -0.39 is 49.9 Å². The molecule has 0 fully saturated rings. The summed E-state index contributed by atoms with van der Waals surface area (Å²) in [5.74, 6) is -4.05. The Bertz CT molecular complexity index is 580. The number of benzene rings is 1. The Morgan fingerprint density at radius 1 is 1.20 bits per heavy atom. The third-order valence-electron chi connectivity index (χ3n) is 1.59. The first-order chi connectivity index (χ1) is 10.6. The van der Waals surface area contributed by atoms with E-state index in [1.54, 1.807) is 0 Å². The summed E-state index contributed by atoms with van der Waals surface area (Å²) < 4.78 is 77.0. The molecule has 0 atom stereocenters. The van der Waals surface area contributed by atoms with Crippen molar-refractivity contribution in [2.45, 2.75) is 0 Å². The summed E-state index contributed by atoms with van der Waals surface area (Å²) in [5, 5.41) is 9.01. The maximum absolute atomic E-state index is 11.1. The lowest BCUT2D eigenvalue weighted by Gasteiger charge is -2.12. The number of methoxy groups -OCH3 is 3. The van der Waals surface area contributed by atoms with Crippen LogP contribution in [0.15, 0.2) is 12.1 Å². The maximum atomic E-state index is 11.1. The van der Waals surface area contributed by atoms with Crippen LogP contribution in [0.1, 0.15) is 22.7 Å². The van der Waals surface area contributed by atoms with E-state index in [-0.39, 0.29) is 0 Å². The Labute approximate surface area is 99.8 Å². The monoisotopic (exact) mass is 221 g/mol. The van der Waals surface area contributed by atoms with E-state index in [1.807, 2.05) is 0 Å². The molecule has 0 aromatic heterocycles. The van der Waals surface area contributed by atoms with Gasteiger partial charge in [0.15, 0.2) is 11.5 Å². The molecule has 0 heterocycles. The van der Waals surface area contributed by atoms with Crippen molar-refractivity contribution >= 4 is 5.97 Å². The fraction of sp³-hybridized carbons (Fsp3) is 0.300. The van der Waals surface area contributed by atoms with Crippen LogP contribution in [0.3, 0.4) is 0 Å². The number of rotatable bonds is 4. The lowest BCUT2D eigenvalue weighted by Crippen LogP contribution is -2.01. The number of carbonyl (C=O) groups is 1. The van der Waals surface area contributed by atoms with Gasteiger partial charge in [0, 0.05) is 0 Å². The van der Waals surface area contributed by atoms with Crippen molar-refractivity contribution in [2.24, 2.45) is 0 Å². The van der Waals surface area contributed by atoms with Crippen LogP contribution in [0.25, 0.3) is 0 Å². The molecule has 1 rings (SSSR count). The molecule has 0 aliphatic rings. The van der Waals surface area contributed by atoms with Gasteiger partial charge in [-0.05, 0) is 12.1 Å². The molecule has 0 saturated carbocycles. The van der Waals surface area contributed by atoms with Gasteiger partial charge in [0.25, 0.3) is 0 Å². The Hall–Kier alpha value is -1.91. The summed E-state index contributed by atoms with van der Waals surface area (Å²) in [7, 11) is -9.27. The minimum atomic E-state index is -3.11. The first-order valence-electron chi connectivity index (χ1n) is 8.06. The van der Waals surface area contributed by atoms with Crippen LogP contribution in [0.2, 0.25) is 0 Å². The minimum absolute atomic E-state index is 0.591. The van der Waals surface area contributed by atoms with E-state index in [0.29, 0.717) is 12.1 Å². The van der Waals surface area contributed by atoms with Crippen LogP contribution in [0.4, 0.5) is 0 Å². The molecular weight excluding hydrogens is 200 g/mol. The summed E-state index contributed by atoms with van der Waals surface area (Å²) in [4.78, 5) is 11.1. The molecule has 82 valence electrons. The van der Waals surface area contributed by atoms with E-state index in [1.165, 1.54) is 0 Å². The predicted octanol–water partition coefficient (Wildman–Crippen LogP) is 1.41. The Morgan fingerprint density at radius 2 is 1.73 bits per heavy atom. The molecule has 0 saturated heterocycles. The van der Waals surface area contributed by atoms with Crippen LogP contribution in [-0.4, -0.2) is 32.2 Å². The first-order valence-corrected chi connectivity index (χ1v) is 3.56. The van der Waals surface area contributed by atoms with Gasteiger partial charge in [0.1, 0.15) is 0 Å². The Balaban J connectivity index is 3.58. The average Bonchev–Trinajstić information content (AvgIpc) is 2.27. The van der Waals surface area contributed by atoms with Gasteiger partial charge < -0.3 is 19.3 Å². The number of carboxylic acid groups (broad SMARTS) is 1. The van der Waals surface area contributed by atoms with Gasteiger partial charge in [0.2, 0.25) is 5.75 Å².